The Morgan fingerprint density at radius 1 is 0.300 bits per heavy atom. The molecular weight excluding hydrogens is 3470 g/mol. The number of rotatable bonds is 20. The fourth-order valence-electron chi connectivity index (χ4n) is 7.71. The molecule has 8 aromatic rings. The van der Waals surface area contributed by atoms with Crippen LogP contribution in [0, 0.1) is 57.1 Å². The van der Waals surface area contributed by atoms with Crippen molar-refractivity contribution in [2.45, 2.75) is 49.9 Å². The maximum Gasteiger partial charge on any atom is 1.00 e. The second-order valence-electron chi connectivity index (χ2n) is 19.7. The number of benzene rings is 8. The molecule has 0 saturated carbocycles. The van der Waals surface area contributed by atoms with E-state index in [0.717, 1.165) is 89.5 Å². The number of carbonyl (C=O) groups is 4. The Kier molecular flexibility index (Phi) is 46.2. The van der Waals surface area contributed by atoms with E-state index >= 15 is 0 Å². The number of ether oxygens (including phenoxy) is 4. The van der Waals surface area contributed by atoms with E-state index in [-0.39, 0.29) is 59.0 Å². The molecule has 4 atom stereocenters. The molecule has 0 aliphatic heterocycles. The second kappa shape index (κ2) is 47.6. The number of nitrogens with two attached hydrogens (primary N) is 4. The van der Waals surface area contributed by atoms with E-state index in [2.05, 4.69) is 325 Å². The molecule has 0 fully saturated rings. The minimum absolute atomic E-state index is 0. The van der Waals surface area contributed by atoms with Crippen molar-refractivity contribution in [3.63, 3.8) is 0 Å². The van der Waals surface area contributed by atoms with Crippen molar-refractivity contribution >= 4 is 454 Å². The van der Waals surface area contributed by atoms with Gasteiger partial charge in [0.1, 0.15) is 64.1 Å². The smallest absolute Gasteiger partial charge is 0.548 e. The van der Waals surface area contributed by atoms with E-state index in [9.17, 15) is 44.7 Å². The standard InChI is InChI=1S/3C15H10I5NO4.C15H11I4NO4.Na/c3*16-8-4-7(5-9(17)13(8)22)24-14-10(18)1-6(2-11(14)19)3-12(21)15(23)25-20;16-8-4-7(5-9(17)13(8)21)24-14-10(18)1-6(2-11(14)19)3-12(20)15(22)23;/h3*1-2,4-5,12,22H,3,21H2;1-2,4-5,12,21H,3,20H2,(H,22,23);/q;;;;+1/p-1/t4*12-;/m0000./s1. The van der Waals surface area contributed by atoms with Crippen molar-refractivity contribution in [2.24, 2.45) is 22.9 Å². The topological polar surface area (TPSA) is 341 Å². The molecule has 0 bridgehead atoms. The summed E-state index contributed by atoms with van der Waals surface area (Å²) in [5.74, 6) is 3.84. The molecule has 530 valence electrons. The van der Waals surface area contributed by atoms with Gasteiger partial charge in [-0.3, -0.25) is 0 Å². The van der Waals surface area contributed by atoms with Gasteiger partial charge < -0.3 is 81.4 Å². The molecule has 40 heteroatoms. The van der Waals surface area contributed by atoms with Crippen molar-refractivity contribution in [3.05, 3.63) is 176 Å². The summed E-state index contributed by atoms with van der Waals surface area (Å²) < 4.78 is 50.9. The number of carbonyl (C=O) groups excluding carboxylic acids is 4. The van der Waals surface area contributed by atoms with Crippen molar-refractivity contribution in [1.29, 1.82) is 0 Å². The van der Waals surface area contributed by atoms with E-state index in [1.165, 1.54) is 69.0 Å². The summed E-state index contributed by atoms with van der Waals surface area (Å²) in [4.78, 5) is 45.2. The average molecular weight is 3510 g/mol. The van der Waals surface area contributed by atoms with Gasteiger partial charge in [-0.25, -0.2) is 14.4 Å². The van der Waals surface area contributed by atoms with Crippen LogP contribution in [0.3, 0.4) is 0 Å². The molecule has 0 radical (unpaired) electrons. The number of phenols is 4. The molecule has 0 saturated heterocycles. The molecule has 0 aromatic heterocycles. The fourth-order valence-corrected chi connectivity index (χ4v) is 24.0. The Morgan fingerprint density at radius 3 is 0.590 bits per heavy atom. The van der Waals surface area contributed by atoms with E-state index in [1.807, 2.05) is 93.7 Å². The maximum atomic E-state index is 11.5. The van der Waals surface area contributed by atoms with Crippen LogP contribution >= 0.6 is 430 Å². The van der Waals surface area contributed by atoms with Gasteiger partial charge in [0.2, 0.25) is 0 Å². The number of aliphatic carboxylic acids is 1. The van der Waals surface area contributed by atoms with Gasteiger partial charge in [-0.2, -0.15) is 0 Å². The first kappa shape index (κ1) is 97.1. The average Bonchev–Trinajstić information content (AvgIpc) is 0.833. The SMILES string of the molecule is N[C@@H](Cc1cc(I)c(Oc2cc(I)c(O)c(I)c2)c(I)c1)C(=O)OI.N[C@@H](Cc1cc(I)c(Oc2cc(I)c(O)c(I)c2)c(I)c1)C(=O)OI.N[C@@H](Cc1cc(I)c(Oc2cc(I)c(O)c(I)c2)c(I)c1)C(=O)OI.N[C@@H](Cc1cc(I)c(Oc2cc(I)c(O)c(I)c2)c(I)c1)C(=O)[O-].[Na+]. The molecule has 0 aliphatic carbocycles. The number of carboxylic acid groups (broad SMARTS) is 1. The first-order valence-corrected chi connectivity index (χ1v) is 46.3. The number of hydrogen-bond acceptors (Lipinski definition) is 20. The van der Waals surface area contributed by atoms with Gasteiger partial charge in [-0.15, -0.1) is 0 Å². The summed E-state index contributed by atoms with van der Waals surface area (Å²) in [6.07, 6.45) is 1.37. The van der Waals surface area contributed by atoms with Gasteiger partial charge in [-0.05, 0) is 506 Å². The third-order valence-electron chi connectivity index (χ3n) is 12.3. The van der Waals surface area contributed by atoms with Crippen molar-refractivity contribution in [3.8, 4) is 69.0 Å². The van der Waals surface area contributed by atoms with Gasteiger partial charge in [0, 0.05) is 6.04 Å². The van der Waals surface area contributed by atoms with Gasteiger partial charge in [0.25, 0.3) is 0 Å². The Bertz CT molecular complexity index is 3820. The fraction of sp³-hybridized carbons (Fsp3) is 0.133. The predicted molar refractivity (Wildman–Crippen MR) is 534 cm³/mol. The summed E-state index contributed by atoms with van der Waals surface area (Å²) in [5, 5.41) is 50.2. The van der Waals surface area contributed by atoms with Crippen LogP contribution in [0.15, 0.2) is 97.1 Å². The quantitative estimate of drug-likeness (QED) is 0.0259. The molecule has 20 nitrogen and oxygen atoms in total. The van der Waals surface area contributed by atoms with Crippen LogP contribution in [0.1, 0.15) is 22.3 Å². The van der Waals surface area contributed by atoms with Crippen LogP contribution in [-0.2, 0) is 54.1 Å². The Morgan fingerprint density at radius 2 is 0.450 bits per heavy atom. The van der Waals surface area contributed by atoms with Gasteiger partial charge in [0.15, 0.2) is 92.0 Å². The van der Waals surface area contributed by atoms with Crippen LogP contribution < -0.4 is 76.5 Å². The van der Waals surface area contributed by atoms with Crippen LogP contribution in [-0.4, -0.2) is 68.5 Å². The van der Waals surface area contributed by atoms with Gasteiger partial charge in [-0.1, -0.05) is 0 Å². The van der Waals surface area contributed by atoms with Gasteiger partial charge >= 0.3 is 47.5 Å². The second-order valence-corrected chi connectivity index (χ2v) is 39.6. The molecular formula is C60H40I19N4NaO16. The number of halogens is 19. The van der Waals surface area contributed by atoms with Gasteiger partial charge in [0.05, 0.1) is 63.1 Å². The first-order chi connectivity index (χ1) is 46.4. The normalized spacial score (nSPS) is 11.8. The Balaban J connectivity index is 0.000000282. The third-order valence-corrected chi connectivity index (χ3v) is 26.6. The van der Waals surface area contributed by atoms with E-state index in [0.29, 0.717) is 55.2 Å². The maximum absolute atomic E-state index is 11.5. The molecule has 0 amide bonds. The molecule has 12 N–H and O–H groups in total. The number of hydrogen-bond donors (Lipinski definition) is 8. The molecule has 0 heterocycles. The zero-order valence-electron chi connectivity index (χ0n) is 49.6. The van der Waals surface area contributed by atoms with Crippen LogP contribution in [0.4, 0.5) is 0 Å². The van der Waals surface area contributed by atoms with E-state index < -0.39 is 48.0 Å². The number of aromatic hydroxyl groups is 4. The Hall–Kier alpha value is 4.75. The zero-order valence-corrected chi connectivity index (χ0v) is 92.5. The van der Waals surface area contributed by atoms with Crippen LogP contribution in [0.5, 0.6) is 69.0 Å². The summed E-state index contributed by atoms with van der Waals surface area (Å²) in [6, 6.07) is 26.4. The van der Waals surface area contributed by atoms with E-state index in [4.69, 9.17) is 41.9 Å². The first-order valence-electron chi connectivity index (χ1n) is 26.4. The van der Waals surface area contributed by atoms with Crippen molar-refractivity contribution < 1.29 is 102 Å². The minimum atomic E-state index is -1.27. The molecule has 0 spiro atoms. The molecule has 100 heavy (non-hydrogen) atoms. The molecule has 8 rings (SSSR count). The largest absolute Gasteiger partial charge is 1.00 e. The summed E-state index contributed by atoms with van der Waals surface area (Å²) in [6.45, 7) is 0. The zero-order chi connectivity index (χ0) is 74.2. The summed E-state index contributed by atoms with van der Waals surface area (Å²) >= 11 is 38.6. The number of phenolic OH excluding ortho intramolecular Hbond substituents is 4. The summed E-state index contributed by atoms with van der Waals surface area (Å²) in [7, 11) is 0. The molecule has 8 aromatic carbocycles. The van der Waals surface area contributed by atoms with Crippen LogP contribution in [0.25, 0.3) is 0 Å². The minimum Gasteiger partial charge on any atom is -0.548 e. The van der Waals surface area contributed by atoms with Crippen LogP contribution in [0.2, 0.25) is 0 Å². The third kappa shape index (κ3) is 30.5. The molecule has 0 unspecified atom stereocenters. The number of carboxylic acids is 1. The summed E-state index contributed by atoms with van der Waals surface area (Å²) in [5.41, 5.74) is 26.6. The Labute approximate surface area is 856 Å². The van der Waals surface area contributed by atoms with E-state index in [1.54, 1.807) is 48.5 Å². The molecule has 0 aliphatic rings. The predicted octanol–water partition coefficient (Wildman–Crippen LogP) is 16.3. The van der Waals surface area contributed by atoms with Crippen molar-refractivity contribution in [1.82, 2.24) is 0 Å². The monoisotopic (exact) mass is 3510 g/mol. The van der Waals surface area contributed by atoms with Crippen molar-refractivity contribution in [2.75, 3.05) is 0 Å².